The molecule has 4 N–H and O–H groups in total. The molecule has 1 aliphatic rings. The molecule has 1 fully saturated rings. The van der Waals surface area contributed by atoms with Gasteiger partial charge in [-0.25, -0.2) is 4.39 Å². The number of nitrogens with one attached hydrogen (secondary N) is 2. The zero-order chi connectivity index (χ0) is 12.3. The summed E-state index contributed by atoms with van der Waals surface area (Å²) in [4.78, 5) is 11.6. The Morgan fingerprint density at radius 1 is 1.47 bits per heavy atom. The van der Waals surface area contributed by atoms with Crippen LogP contribution in [0.25, 0.3) is 0 Å². The number of amides is 1. The van der Waals surface area contributed by atoms with Crippen LogP contribution in [0.3, 0.4) is 0 Å². The van der Waals surface area contributed by atoms with Crippen molar-refractivity contribution in [2.75, 3.05) is 18.4 Å². The van der Waals surface area contributed by atoms with Crippen LogP contribution >= 0.6 is 0 Å². The molecule has 0 saturated carbocycles. The van der Waals surface area contributed by atoms with Crippen molar-refractivity contribution in [1.82, 2.24) is 5.32 Å². The minimum atomic E-state index is -0.888. The van der Waals surface area contributed by atoms with E-state index in [1.54, 1.807) is 18.2 Å². The summed E-state index contributed by atoms with van der Waals surface area (Å²) in [7, 11) is 0. The van der Waals surface area contributed by atoms with E-state index in [9.17, 15) is 9.18 Å². The summed E-state index contributed by atoms with van der Waals surface area (Å²) in [5, 5.41) is 6.06. The van der Waals surface area contributed by atoms with E-state index in [-0.39, 0.29) is 5.82 Å². The molecule has 0 spiro atoms. The van der Waals surface area contributed by atoms with Crippen molar-refractivity contribution in [2.24, 2.45) is 5.73 Å². The van der Waals surface area contributed by atoms with Gasteiger partial charge in [-0.1, -0.05) is 12.1 Å². The lowest BCUT2D eigenvalue weighted by Crippen LogP contribution is -2.59. The molecule has 1 unspecified atom stereocenters. The molecule has 0 bridgehead atoms. The van der Waals surface area contributed by atoms with Crippen LogP contribution in [0, 0.1) is 5.82 Å². The first-order chi connectivity index (χ1) is 8.14. The van der Waals surface area contributed by atoms with Crippen LogP contribution in [-0.4, -0.2) is 24.5 Å². The number of rotatable bonds is 3. The van der Waals surface area contributed by atoms with Crippen LogP contribution in [0.15, 0.2) is 24.3 Å². The molecule has 5 heteroatoms. The molecule has 1 heterocycles. The van der Waals surface area contributed by atoms with E-state index in [0.29, 0.717) is 18.7 Å². The first kappa shape index (κ1) is 11.9. The average molecular weight is 237 g/mol. The molecule has 4 nitrogen and oxygen atoms in total. The van der Waals surface area contributed by atoms with Gasteiger partial charge in [0.05, 0.1) is 5.69 Å². The lowest BCUT2D eigenvalue weighted by Gasteiger charge is -2.36. The highest BCUT2D eigenvalue weighted by Crippen LogP contribution is 2.24. The molecule has 1 aliphatic heterocycles. The molecule has 0 aromatic heterocycles. The highest BCUT2D eigenvalue weighted by atomic mass is 19.1. The van der Waals surface area contributed by atoms with Gasteiger partial charge in [0.15, 0.2) is 0 Å². The van der Waals surface area contributed by atoms with Crippen molar-refractivity contribution in [3.05, 3.63) is 30.1 Å². The van der Waals surface area contributed by atoms with Gasteiger partial charge in [0.25, 0.3) is 0 Å². The van der Waals surface area contributed by atoms with E-state index in [0.717, 1.165) is 13.0 Å². The Kier molecular flexibility index (Phi) is 3.28. The predicted octanol–water partition coefficient (Wildman–Crippen LogP) is 0.845. The number of para-hydroxylation sites is 1. The Hall–Kier alpha value is -1.62. The summed E-state index contributed by atoms with van der Waals surface area (Å²) >= 11 is 0. The maximum absolute atomic E-state index is 13.5. The number of nitrogens with two attached hydrogens (primary N) is 1. The fourth-order valence-corrected chi connectivity index (χ4v) is 2.10. The molecule has 1 aromatic rings. The predicted molar refractivity (Wildman–Crippen MR) is 64.1 cm³/mol. The monoisotopic (exact) mass is 237 g/mol. The molecular weight excluding hydrogens is 221 g/mol. The number of benzene rings is 1. The van der Waals surface area contributed by atoms with Crippen molar-refractivity contribution in [3.63, 3.8) is 0 Å². The van der Waals surface area contributed by atoms with E-state index in [1.165, 1.54) is 6.07 Å². The summed E-state index contributed by atoms with van der Waals surface area (Å²) < 4.78 is 13.5. The van der Waals surface area contributed by atoms with Crippen molar-refractivity contribution in [2.45, 2.75) is 18.4 Å². The normalized spacial score (nSPS) is 24.3. The van der Waals surface area contributed by atoms with Crippen LogP contribution < -0.4 is 16.4 Å². The highest BCUT2D eigenvalue weighted by molar-refractivity contribution is 5.88. The van der Waals surface area contributed by atoms with Crippen LogP contribution in [0.2, 0.25) is 0 Å². The van der Waals surface area contributed by atoms with E-state index < -0.39 is 11.4 Å². The lowest BCUT2D eigenvalue weighted by atomic mass is 9.89. The Morgan fingerprint density at radius 2 is 2.24 bits per heavy atom. The Bertz CT molecular complexity index is 416. The quantitative estimate of drug-likeness (QED) is 0.730. The van der Waals surface area contributed by atoms with Gasteiger partial charge in [0.1, 0.15) is 11.4 Å². The first-order valence-corrected chi connectivity index (χ1v) is 5.67. The van der Waals surface area contributed by atoms with Gasteiger partial charge in [0.2, 0.25) is 5.91 Å². The van der Waals surface area contributed by atoms with E-state index in [4.69, 9.17) is 5.73 Å². The van der Waals surface area contributed by atoms with Crippen LogP contribution in [-0.2, 0) is 4.79 Å². The Labute approximate surface area is 99.4 Å². The molecule has 1 aromatic carbocycles. The number of carbonyl (C=O) groups is 1. The zero-order valence-electron chi connectivity index (χ0n) is 9.50. The summed E-state index contributed by atoms with van der Waals surface area (Å²) in [5.74, 6) is -0.827. The smallest absolute Gasteiger partial charge is 0.244 e. The third-order valence-corrected chi connectivity index (χ3v) is 3.10. The maximum atomic E-state index is 13.5. The molecular formula is C12H16FN3O. The highest BCUT2D eigenvalue weighted by Gasteiger charge is 2.38. The van der Waals surface area contributed by atoms with Crippen molar-refractivity contribution in [1.29, 1.82) is 0 Å². The molecule has 92 valence electrons. The molecule has 1 atom stereocenters. The number of halogens is 1. The Balaban J connectivity index is 2.24. The van der Waals surface area contributed by atoms with E-state index in [2.05, 4.69) is 10.6 Å². The van der Waals surface area contributed by atoms with Gasteiger partial charge < -0.3 is 16.4 Å². The van der Waals surface area contributed by atoms with Gasteiger partial charge in [-0.2, -0.15) is 0 Å². The summed E-state index contributed by atoms with van der Waals surface area (Å²) in [5.41, 5.74) is 4.86. The van der Waals surface area contributed by atoms with Gasteiger partial charge in [-0.3, -0.25) is 4.79 Å². The molecule has 2 rings (SSSR count). The lowest BCUT2D eigenvalue weighted by molar-refractivity contribution is -0.122. The molecule has 0 radical (unpaired) electrons. The minimum absolute atomic E-state index is 0.315. The average Bonchev–Trinajstić information content (AvgIpc) is 2.33. The first-order valence-electron chi connectivity index (χ1n) is 5.67. The van der Waals surface area contributed by atoms with Gasteiger partial charge in [-0.05, 0) is 31.5 Å². The number of hydrogen-bond acceptors (Lipinski definition) is 3. The number of anilines is 1. The standard InChI is InChI=1S/C12H16FN3O/c13-9-4-1-2-5-10(9)16-12(11(14)17)6-3-7-15-8-12/h1-2,4-5,15-16H,3,6-8H2,(H2,14,17). The summed E-state index contributed by atoms with van der Waals surface area (Å²) in [6, 6.07) is 6.29. The van der Waals surface area contributed by atoms with Crippen LogP contribution in [0.1, 0.15) is 12.8 Å². The second-order valence-corrected chi connectivity index (χ2v) is 4.33. The molecule has 0 aliphatic carbocycles. The summed E-state index contributed by atoms with van der Waals surface area (Å²) in [6.45, 7) is 1.28. The maximum Gasteiger partial charge on any atom is 0.244 e. The number of primary amides is 1. The van der Waals surface area contributed by atoms with Crippen molar-refractivity contribution >= 4 is 11.6 Å². The van der Waals surface area contributed by atoms with Gasteiger partial charge >= 0.3 is 0 Å². The topological polar surface area (TPSA) is 67.2 Å². The third kappa shape index (κ3) is 2.39. The molecule has 1 saturated heterocycles. The summed E-state index contributed by atoms with van der Waals surface area (Å²) in [6.07, 6.45) is 1.45. The van der Waals surface area contributed by atoms with Crippen molar-refractivity contribution < 1.29 is 9.18 Å². The Morgan fingerprint density at radius 3 is 2.82 bits per heavy atom. The zero-order valence-corrected chi connectivity index (χ0v) is 9.50. The second kappa shape index (κ2) is 4.71. The second-order valence-electron chi connectivity index (χ2n) is 4.33. The molecule has 1 amide bonds. The van der Waals surface area contributed by atoms with E-state index >= 15 is 0 Å². The van der Waals surface area contributed by atoms with Gasteiger partial charge in [-0.15, -0.1) is 0 Å². The van der Waals surface area contributed by atoms with E-state index in [1.807, 2.05) is 0 Å². The molecule has 17 heavy (non-hydrogen) atoms. The number of carbonyl (C=O) groups excluding carboxylic acids is 1. The minimum Gasteiger partial charge on any atom is -0.368 e. The fourth-order valence-electron chi connectivity index (χ4n) is 2.10. The van der Waals surface area contributed by atoms with Crippen LogP contribution in [0.4, 0.5) is 10.1 Å². The van der Waals surface area contributed by atoms with Gasteiger partial charge in [0, 0.05) is 6.54 Å². The van der Waals surface area contributed by atoms with Crippen LogP contribution in [0.5, 0.6) is 0 Å². The van der Waals surface area contributed by atoms with Crippen molar-refractivity contribution in [3.8, 4) is 0 Å². The third-order valence-electron chi connectivity index (χ3n) is 3.10. The number of piperidine rings is 1. The largest absolute Gasteiger partial charge is 0.368 e. The fraction of sp³-hybridized carbons (Fsp3) is 0.417. The SMILES string of the molecule is NC(=O)C1(Nc2ccccc2F)CCCNC1. The number of hydrogen-bond donors (Lipinski definition) is 3.